The molecule has 1 aromatic carbocycles. The summed E-state index contributed by atoms with van der Waals surface area (Å²) in [7, 11) is 1.54. The summed E-state index contributed by atoms with van der Waals surface area (Å²) in [4.78, 5) is 29.3. The van der Waals surface area contributed by atoms with Crippen molar-refractivity contribution in [2.75, 3.05) is 33.4 Å². The molecule has 2 aliphatic heterocycles. The first kappa shape index (κ1) is 20.0. The molecule has 6 nitrogen and oxygen atoms in total. The first-order valence-electron chi connectivity index (χ1n) is 9.50. The van der Waals surface area contributed by atoms with E-state index < -0.39 is 0 Å². The van der Waals surface area contributed by atoms with Gasteiger partial charge in [-0.25, -0.2) is 0 Å². The number of ether oxygens (including phenoxy) is 2. The molecule has 2 fully saturated rings. The van der Waals surface area contributed by atoms with E-state index in [0.717, 1.165) is 25.7 Å². The second kappa shape index (κ2) is 8.93. The van der Waals surface area contributed by atoms with Crippen molar-refractivity contribution in [3.8, 4) is 5.75 Å². The van der Waals surface area contributed by atoms with Crippen molar-refractivity contribution in [2.45, 2.75) is 44.7 Å². The summed E-state index contributed by atoms with van der Waals surface area (Å²) < 4.78 is 10.8. The van der Waals surface area contributed by atoms with Crippen LogP contribution in [0, 0.1) is 0 Å². The number of nitrogens with zero attached hydrogens (tertiary/aromatic N) is 2. The average molecular weight is 395 g/mol. The summed E-state index contributed by atoms with van der Waals surface area (Å²) in [5, 5.41) is 0.500. The zero-order valence-corrected chi connectivity index (χ0v) is 16.7. The van der Waals surface area contributed by atoms with Gasteiger partial charge in [-0.1, -0.05) is 11.6 Å². The Morgan fingerprint density at radius 3 is 2.63 bits per heavy atom. The van der Waals surface area contributed by atoms with Gasteiger partial charge >= 0.3 is 0 Å². The number of amides is 2. The number of carbonyl (C=O) groups is 2. The van der Waals surface area contributed by atoms with Crippen molar-refractivity contribution in [3.05, 3.63) is 28.8 Å². The monoisotopic (exact) mass is 394 g/mol. The number of benzene rings is 1. The molecular formula is C20H27ClN2O4. The summed E-state index contributed by atoms with van der Waals surface area (Å²) in [6.45, 7) is 4.19. The predicted octanol–water partition coefficient (Wildman–Crippen LogP) is 2.98. The summed E-state index contributed by atoms with van der Waals surface area (Å²) in [5.41, 5.74) is 0.464. The maximum absolute atomic E-state index is 13.1. The second-order valence-corrected chi connectivity index (χ2v) is 7.60. The third-order valence-corrected chi connectivity index (χ3v) is 5.65. The van der Waals surface area contributed by atoms with Crippen molar-refractivity contribution in [1.82, 2.24) is 9.80 Å². The molecule has 2 heterocycles. The minimum absolute atomic E-state index is 0.0356. The van der Waals surface area contributed by atoms with Crippen LogP contribution in [0.3, 0.4) is 0 Å². The molecule has 148 valence electrons. The molecule has 1 aromatic rings. The van der Waals surface area contributed by atoms with Crippen LogP contribution in [0.2, 0.25) is 5.02 Å². The molecule has 2 amide bonds. The molecule has 2 saturated heterocycles. The van der Waals surface area contributed by atoms with E-state index in [2.05, 4.69) is 0 Å². The first-order chi connectivity index (χ1) is 13.0. The van der Waals surface area contributed by atoms with Gasteiger partial charge in [0.15, 0.2) is 0 Å². The number of likely N-dealkylation sites (tertiary alicyclic amines) is 1. The van der Waals surface area contributed by atoms with Crippen molar-refractivity contribution >= 4 is 23.4 Å². The van der Waals surface area contributed by atoms with Crippen LogP contribution < -0.4 is 4.74 Å². The molecule has 1 unspecified atom stereocenters. The smallest absolute Gasteiger partial charge is 0.257 e. The molecule has 0 saturated carbocycles. The number of hydrogen-bond donors (Lipinski definition) is 0. The highest BCUT2D eigenvalue weighted by Gasteiger charge is 2.34. The standard InChI is InChI=1S/C20H27ClN2O4/c1-14(24)23(16-7-10-27-11-8-16)17-4-3-9-22(13-17)20(25)18-12-15(21)5-6-19(18)26-2/h5-6,12,16-17H,3-4,7-11,13H2,1-2H3. The molecule has 2 aliphatic rings. The van der Waals surface area contributed by atoms with Crippen molar-refractivity contribution < 1.29 is 19.1 Å². The van der Waals surface area contributed by atoms with Gasteiger partial charge in [-0.2, -0.15) is 0 Å². The maximum atomic E-state index is 13.1. The largest absolute Gasteiger partial charge is 0.496 e. The molecule has 0 N–H and O–H groups in total. The number of rotatable bonds is 4. The third-order valence-electron chi connectivity index (χ3n) is 5.42. The molecule has 0 spiro atoms. The molecule has 27 heavy (non-hydrogen) atoms. The Kier molecular flexibility index (Phi) is 6.60. The molecule has 7 heteroatoms. The highest BCUT2D eigenvalue weighted by atomic mass is 35.5. The van der Waals surface area contributed by atoms with Gasteiger partial charge in [-0.15, -0.1) is 0 Å². The SMILES string of the molecule is COc1ccc(Cl)cc1C(=O)N1CCCC(N(C(C)=O)C2CCOCC2)C1. The van der Waals surface area contributed by atoms with E-state index >= 15 is 0 Å². The summed E-state index contributed by atoms with van der Waals surface area (Å²) >= 11 is 6.09. The zero-order valence-electron chi connectivity index (χ0n) is 15.9. The van der Waals surface area contributed by atoms with Gasteiger partial charge in [0.25, 0.3) is 5.91 Å². The van der Waals surface area contributed by atoms with Gasteiger partial charge in [-0.3, -0.25) is 9.59 Å². The van der Waals surface area contributed by atoms with Crippen LogP contribution in [0.15, 0.2) is 18.2 Å². The van der Waals surface area contributed by atoms with Crippen LogP contribution in [0.5, 0.6) is 5.75 Å². The van der Waals surface area contributed by atoms with Gasteiger partial charge in [-0.05, 0) is 43.9 Å². The van der Waals surface area contributed by atoms with E-state index in [4.69, 9.17) is 21.1 Å². The first-order valence-corrected chi connectivity index (χ1v) is 9.88. The Labute approximate surface area is 165 Å². The minimum atomic E-state index is -0.102. The molecular weight excluding hydrogens is 368 g/mol. The van der Waals surface area contributed by atoms with Gasteiger partial charge in [0.2, 0.25) is 5.91 Å². The lowest BCUT2D eigenvalue weighted by Gasteiger charge is -2.44. The topological polar surface area (TPSA) is 59.1 Å². The molecule has 0 radical (unpaired) electrons. The van der Waals surface area contributed by atoms with Crippen LogP contribution in [0.4, 0.5) is 0 Å². The van der Waals surface area contributed by atoms with E-state index in [0.29, 0.717) is 42.6 Å². The molecule has 0 aromatic heterocycles. The lowest BCUT2D eigenvalue weighted by molar-refractivity contribution is -0.137. The Morgan fingerprint density at radius 1 is 1.22 bits per heavy atom. The van der Waals surface area contributed by atoms with E-state index in [1.54, 1.807) is 32.2 Å². The Hall–Kier alpha value is -1.79. The fourth-order valence-electron chi connectivity index (χ4n) is 4.16. The van der Waals surface area contributed by atoms with Gasteiger partial charge in [0, 0.05) is 50.3 Å². The Bertz CT molecular complexity index is 691. The number of piperidine rings is 1. The van der Waals surface area contributed by atoms with Crippen LogP contribution >= 0.6 is 11.6 Å². The highest BCUT2D eigenvalue weighted by Crippen LogP contribution is 2.28. The second-order valence-electron chi connectivity index (χ2n) is 7.16. The predicted molar refractivity (Wildman–Crippen MR) is 103 cm³/mol. The van der Waals surface area contributed by atoms with Crippen LogP contribution in [-0.2, 0) is 9.53 Å². The van der Waals surface area contributed by atoms with Crippen LogP contribution in [0.25, 0.3) is 0 Å². The minimum Gasteiger partial charge on any atom is -0.496 e. The summed E-state index contributed by atoms with van der Waals surface area (Å²) in [6, 6.07) is 5.29. The van der Waals surface area contributed by atoms with E-state index in [-0.39, 0.29) is 23.9 Å². The average Bonchev–Trinajstić information content (AvgIpc) is 2.68. The number of halogens is 1. The number of methoxy groups -OCH3 is 1. The number of carbonyl (C=O) groups excluding carboxylic acids is 2. The third kappa shape index (κ3) is 4.55. The molecule has 0 bridgehead atoms. The molecule has 1 atom stereocenters. The van der Waals surface area contributed by atoms with Crippen LogP contribution in [0.1, 0.15) is 43.0 Å². The van der Waals surface area contributed by atoms with Gasteiger partial charge in [0.05, 0.1) is 12.7 Å². The van der Waals surface area contributed by atoms with Crippen LogP contribution in [-0.4, -0.2) is 67.1 Å². The Morgan fingerprint density at radius 2 is 1.96 bits per heavy atom. The fraction of sp³-hybridized carbons (Fsp3) is 0.600. The lowest BCUT2D eigenvalue weighted by Crippen LogP contribution is -2.55. The van der Waals surface area contributed by atoms with E-state index in [1.807, 2.05) is 9.80 Å². The zero-order chi connectivity index (χ0) is 19.4. The normalized spacial score (nSPS) is 21.0. The molecule has 0 aliphatic carbocycles. The lowest BCUT2D eigenvalue weighted by atomic mass is 9.98. The fourth-order valence-corrected chi connectivity index (χ4v) is 4.33. The summed E-state index contributed by atoms with van der Waals surface area (Å²) in [5.74, 6) is 0.482. The van der Waals surface area contributed by atoms with Crippen molar-refractivity contribution in [1.29, 1.82) is 0 Å². The highest BCUT2D eigenvalue weighted by molar-refractivity contribution is 6.31. The van der Waals surface area contributed by atoms with E-state index in [1.165, 1.54) is 0 Å². The Balaban J connectivity index is 1.77. The van der Waals surface area contributed by atoms with Crippen molar-refractivity contribution in [2.24, 2.45) is 0 Å². The van der Waals surface area contributed by atoms with Gasteiger partial charge in [0.1, 0.15) is 5.75 Å². The van der Waals surface area contributed by atoms with Gasteiger partial charge < -0.3 is 19.3 Å². The van der Waals surface area contributed by atoms with Crippen molar-refractivity contribution in [3.63, 3.8) is 0 Å². The number of hydrogen-bond acceptors (Lipinski definition) is 4. The summed E-state index contributed by atoms with van der Waals surface area (Å²) in [6.07, 6.45) is 3.48. The maximum Gasteiger partial charge on any atom is 0.257 e. The molecule has 3 rings (SSSR count). The quantitative estimate of drug-likeness (QED) is 0.787. The van der Waals surface area contributed by atoms with E-state index in [9.17, 15) is 9.59 Å².